The Morgan fingerprint density at radius 1 is 1.43 bits per heavy atom. The fraction of sp³-hybridized carbons (Fsp3) is 0.375. The average Bonchev–Trinajstić information content (AvgIpc) is 2.98. The molecule has 0 amide bonds. The lowest BCUT2D eigenvalue weighted by molar-refractivity contribution is 0.315. The number of guanidine groups is 1. The molecule has 3 N–H and O–H groups in total. The van der Waals surface area contributed by atoms with Crippen molar-refractivity contribution >= 4 is 5.96 Å². The summed E-state index contributed by atoms with van der Waals surface area (Å²) < 4.78 is 1.98. The molecular formula is C16H21N5. The summed E-state index contributed by atoms with van der Waals surface area (Å²) in [6.45, 7) is 1.54. The van der Waals surface area contributed by atoms with Crippen LogP contribution in [0.3, 0.4) is 0 Å². The third-order valence-corrected chi connectivity index (χ3v) is 3.94. The Labute approximate surface area is 124 Å². The topological polar surface area (TPSA) is 68.2 Å². The lowest BCUT2D eigenvalue weighted by Gasteiger charge is -2.25. The summed E-state index contributed by atoms with van der Waals surface area (Å²) in [7, 11) is 0. The van der Waals surface area contributed by atoms with Gasteiger partial charge in [-0.05, 0) is 36.5 Å². The Hall–Kier alpha value is -2.30. The van der Waals surface area contributed by atoms with Crippen LogP contribution in [0.1, 0.15) is 24.8 Å². The number of benzene rings is 1. The minimum Gasteiger partial charge on any atom is -0.370 e. The van der Waals surface area contributed by atoms with E-state index in [1.54, 1.807) is 12.5 Å². The van der Waals surface area contributed by atoms with Gasteiger partial charge >= 0.3 is 0 Å². The average molecular weight is 283 g/mol. The highest BCUT2D eigenvalue weighted by Crippen LogP contribution is 2.24. The van der Waals surface area contributed by atoms with Gasteiger partial charge in [0.15, 0.2) is 5.96 Å². The van der Waals surface area contributed by atoms with Crippen molar-refractivity contribution in [2.45, 2.75) is 25.8 Å². The van der Waals surface area contributed by atoms with Crippen molar-refractivity contribution in [3.63, 3.8) is 0 Å². The molecule has 1 aromatic carbocycles. The molecule has 0 radical (unpaired) electrons. The molecule has 1 heterocycles. The summed E-state index contributed by atoms with van der Waals surface area (Å²) >= 11 is 0. The number of imidazole rings is 1. The van der Waals surface area contributed by atoms with Crippen LogP contribution in [0.15, 0.2) is 48.0 Å². The molecule has 0 bridgehead atoms. The van der Waals surface area contributed by atoms with Crippen LogP contribution >= 0.6 is 0 Å². The maximum Gasteiger partial charge on any atom is 0.188 e. The molecule has 3 rings (SSSR count). The fourth-order valence-corrected chi connectivity index (χ4v) is 2.41. The van der Waals surface area contributed by atoms with Crippen LogP contribution in [0, 0.1) is 5.92 Å². The molecule has 5 nitrogen and oxygen atoms in total. The molecule has 1 saturated carbocycles. The zero-order valence-corrected chi connectivity index (χ0v) is 12.1. The van der Waals surface area contributed by atoms with E-state index in [0.717, 1.165) is 23.7 Å². The summed E-state index contributed by atoms with van der Waals surface area (Å²) in [5, 5.41) is 3.21. The molecule has 1 aliphatic carbocycles. The minimum absolute atomic E-state index is 0.537. The molecule has 0 aliphatic heterocycles. The number of nitrogens with two attached hydrogens (primary N) is 1. The van der Waals surface area contributed by atoms with E-state index in [-0.39, 0.29) is 0 Å². The maximum absolute atomic E-state index is 5.90. The van der Waals surface area contributed by atoms with E-state index in [4.69, 9.17) is 5.73 Å². The van der Waals surface area contributed by atoms with Gasteiger partial charge in [-0.15, -0.1) is 0 Å². The van der Waals surface area contributed by atoms with Crippen LogP contribution in [0.5, 0.6) is 0 Å². The zero-order chi connectivity index (χ0) is 14.5. The Morgan fingerprint density at radius 2 is 2.33 bits per heavy atom. The summed E-state index contributed by atoms with van der Waals surface area (Å²) in [6.07, 6.45) is 9.46. The lowest BCUT2D eigenvalue weighted by atomic mass is 9.85. The first-order valence-electron chi connectivity index (χ1n) is 7.42. The Balaban J connectivity index is 1.58. The van der Waals surface area contributed by atoms with Crippen molar-refractivity contribution in [2.75, 3.05) is 6.54 Å². The lowest BCUT2D eigenvalue weighted by Crippen LogP contribution is -2.37. The highest BCUT2D eigenvalue weighted by Gasteiger charge is 2.16. The summed E-state index contributed by atoms with van der Waals surface area (Å²) in [5.41, 5.74) is 8.12. The monoisotopic (exact) mass is 283 g/mol. The Bertz CT molecular complexity index is 599. The van der Waals surface area contributed by atoms with E-state index in [0.29, 0.717) is 12.5 Å². The molecule has 5 heteroatoms. The molecule has 2 aromatic rings. The highest BCUT2D eigenvalue weighted by molar-refractivity contribution is 5.77. The van der Waals surface area contributed by atoms with E-state index in [9.17, 15) is 0 Å². The quantitative estimate of drug-likeness (QED) is 0.652. The molecule has 0 spiro atoms. The normalized spacial score (nSPS) is 15.7. The minimum atomic E-state index is 0.537. The van der Waals surface area contributed by atoms with Gasteiger partial charge in [0.1, 0.15) is 0 Å². The van der Waals surface area contributed by atoms with Gasteiger partial charge in [-0.1, -0.05) is 18.6 Å². The van der Waals surface area contributed by atoms with Crippen LogP contribution in [-0.4, -0.2) is 22.1 Å². The van der Waals surface area contributed by atoms with Crippen molar-refractivity contribution in [2.24, 2.45) is 16.6 Å². The second-order valence-corrected chi connectivity index (χ2v) is 5.52. The van der Waals surface area contributed by atoms with E-state index in [1.807, 2.05) is 22.9 Å². The van der Waals surface area contributed by atoms with E-state index in [1.165, 1.54) is 19.3 Å². The van der Waals surface area contributed by atoms with Gasteiger partial charge in [-0.3, -0.25) is 0 Å². The van der Waals surface area contributed by atoms with E-state index < -0.39 is 0 Å². The zero-order valence-electron chi connectivity index (χ0n) is 12.1. The third-order valence-electron chi connectivity index (χ3n) is 3.94. The van der Waals surface area contributed by atoms with Gasteiger partial charge in [-0.2, -0.15) is 0 Å². The standard InChI is InChI=1S/C16H21N5/c17-16(19-10-13-3-1-4-13)20-11-14-5-2-6-15(9-14)21-8-7-18-12-21/h2,5-9,12-13H,1,3-4,10-11H2,(H3,17,19,20). The van der Waals surface area contributed by atoms with Crippen molar-refractivity contribution in [1.29, 1.82) is 0 Å². The van der Waals surface area contributed by atoms with Crippen LogP contribution in [0.4, 0.5) is 0 Å². The predicted octanol–water partition coefficient (Wildman–Crippen LogP) is 2.08. The summed E-state index contributed by atoms with van der Waals surface area (Å²) in [5.74, 6) is 1.32. The number of aliphatic imine (C=N–C) groups is 1. The highest BCUT2D eigenvalue weighted by atomic mass is 15.1. The van der Waals surface area contributed by atoms with Gasteiger partial charge in [0, 0.05) is 24.6 Å². The van der Waals surface area contributed by atoms with Crippen molar-refractivity contribution < 1.29 is 0 Å². The van der Waals surface area contributed by atoms with E-state index >= 15 is 0 Å². The van der Waals surface area contributed by atoms with Crippen LogP contribution < -0.4 is 11.1 Å². The first-order chi connectivity index (χ1) is 10.3. The van der Waals surface area contributed by atoms with Crippen LogP contribution in [0.2, 0.25) is 0 Å². The summed E-state index contributed by atoms with van der Waals surface area (Å²) in [4.78, 5) is 8.47. The molecule has 21 heavy (non-hydrogen) atoms. The first kappa shape index (κ1) is 13.7. The molecule has 1 aliphatic rings. The molecule has 0 atom stereocenters. The first-order valence-corrected chi connectivity index (χ1v) is 7.42. The van der Waals surface area contributed by atoms with Gasteiger partial charge in [0.05, 0.1) is 12.9 Å². The second kappa shape index (κ2) is 6.43. The van der Waals surface area contributed by atoms with E-state index in [2.05, 4.69) is 27.4 Å². The number of nitrogens with zero attached hydrogens (tertiary/aromatic N) is 3. The fourth-order valence-electron chi connectivity index (χ4n) is 2.41. The van der Waals surface area contributed by atoms with Crippen molar-refractivity contribution in [3.8, 4) is 5.69 Å². The van der Waals surface area contributed by atoms with Gasteiger partial charge in [-0.25, -0.2) is 9.98 Å². The predicted molar refractivity (Wildman–Crippen MR) is 84.2 cm³/mol. The number of hydrogen-bond acceptors (Lipinski definition) is 2. The number of hydrogen-bond donors (Lipinski definition) is 2. The smallest absolute Gasteiger partial charge is 0.188 e. The summed E-state index contributed by atoms with van der Waals surface area (Å²) in [6, 6.07) is 8.23. The molecule has 0 saturated heterocycles. The molecule has 0 unspecified atom stereocenters. The van der Waals surface area contributed by atoms with Crippen LogP contribution in [0.25, 0.3) is 5.69 Å². The van der Waals surface area contributed by atoms with Gasteiger partial charge in [0.2, 0.25) is 0 Å². The van der Waals surface area contributed by atoms with Gasteiger partial charge < -0.3 is 15.6 Å². The second-order valence-electron chi connectivity index (χ2n) is 5.52. The van der Waals surface area contributed by atoms with Crippen molar-refractivity contribution in [1.82, 2.24) is 14.9 Å². The molecular weight excluding hydrogens is 262 g/mol. The number of nitrogens with one attached hydrogen (secondary N) is 1. The van der Waals surface area contributed by atoms with Crippen molar-refractivity contribution in [3.05, 3.63) is 48.5 Å². The largest absolute Gasteiger partial charge is 0.370 e. The molecule has 1 fully saturated rings. The van der Waals surface area contributed by atoms with Crippen LogP contribution in [-0.2, 0) is 6.54 Å². The third kappa shape index (κ3) is 3.62. The molecule has 110 valence electrons. The SMILES string of the molecule is NC(=NCc1cccc(-n2ccnc2)c1)NCC1CCC1. The maximum atomic E-state index is 5.90. The van der Waals surface area contributed by atoms with Gasteiger partial charge in [0.25, 0.3) is 0 Å². The number of aromatic nitrogens is 2. The molecule has 1 aromatic heterocycles. The number of rotatable bonds is 5. The Kier molecular flexibility index (Phi) is 4.19. The Morgan fingerprint density at radius 3 is 3.05 bits per heavy atom.